The summed E-state index contributed by atoms with van der Waals surface area (Å²) in [6, 6.07) is 8.88. The molecule has 3 aromatic rings. The van der Waals surface area contributed by atoms with Crippen molar-refractivity contribution in [2.75, 3.05) is 57.3 Å². The van der Waals surface area contributed by atoms with Crippen molar-refractivity contribution in [3.8, 4) is 0 Å². The molecule has 12 heteroatoms. The predicted octanol–water partition coefficient (Wildman–Crippen LogP) is 4.64. The first-order chi connectivity index (χ1) is 22.0. The summed E-state index contributed by atoms with van der Waals surface area (Å²) < 4.78 is 17.4. The van der Waals surface area contributed by atoms with Crippen molar-refractivity contribution < 1.29 is 14.0 Å². The fourth-order valence-electron chi connectivity index (χ4n) is 6.98. The highest BCUT2D eigenvalue weighted by Gasteiger charge is 2.44. The largest absolute Gasteiger partial charge is 0.366 e. The Bertz CT molecular complexity index is 1620. The number of aromatic amines is 1. The number of piperidine rings is 1. The first kappa shape index (κ1) is 32.6. The molecular weight excluding hydrogens is 605 g/mol. The summed E-state index contributed by atoms with van der Waals surface area (Å²) in [7, 11) is 0. The molecule has 0 aliphatic carbocycles. The number of hydrogen-bond donors (Lipinski definition) is 1. The Morgan fingerprint density at radius 3 is 2.48 bits per heavy atom. The van der Waals surface area contributed by atoms with Gasteiger partial charge in [0.05, 0.1) is 16.5 Å². The highest BCUT2D eigenvalue weighted by atomic mass is 32.2. The van der Waals surface area contributed by atoms with Crippen LogP contribution in [0.1, 0.15) is 70.4 Å². The molecule has 3 saturated heterocycles. The van der Waals surface area contributed by atoms with E-state index in [1.807, 2.05) is 28.0 Å². The fourth-order valence-corrected chi connectivity index (χ4v) is 8.48. The molecule has 248 valence electrons. The number of nitrogens with zero attached hydrogens (tertiary/aromatic N) is 6. The van der Waals surface area contributed by atoms with Crippen molar-refractivity contribution in [2.45, 2.75) is 70.0 Å². The van der Waals surface area contributed by atoms with Gasteiger partial charge in [-0.25, -0.2) is 14.2 Å². The summed E-state index contributed by atoms with van der Waals surface area (Å²) in [5.41, 5.74) is 2.57. The number of carbonyl (C=O) groups excluding carboxylic acids is 2. The molecule has 0 spiro atoms. The Labute approximate surface area is 274 Å². The van der Waals surface area contributed by atoms with Crippen LogP contribution in [0.2, 0.25) is 0 Å². The lowest BCUT2D eigenvalue weighted by atomic mass is 9.92. The van der Waals surface area contributed by atoms with Crippen LogP contribution >= 0.6 is 11.8 Å². The van der Waals surface area contributed by atoms with E-state index in [1.165, 1.54) is 17.8 Å². The molecule has 2 atom stereocenters. The van der Waals surface area contributed by atoms with E-state index in [0.717, 1.165) is 50.2 Å². The number of aromatic nitrogens is 3. The van der Waals surface area contributed by atoms with E-state index >= 15 is 4.39 Å². The second-order valence-electron chi connectivity index (χ2n) is 13.9. The molecule has 2 unspecified atom stereocenters. The Kier molecular flexibility index (Phi) is 9.48. The average Bonchev–Trinajstić information content (AvgIpc) is 3.54. The summed E-state index contributed by atoms with van der Waals surface area (Å²) in [5, 5.41) is -0.902. The topological polar surface area (TPSA) is 97.8 Å². The third-order valence-electron chi connectivity index (χ3n) is 9.69. The van der Waals surface area contributed by atoms with Crippen LogP contribution in [0.5, 0.6) is 0 Å². The van der Waals surface area contributed by atoms with E-state index in [2.05, 4.69) is 47.5 Å². The number of para-hydroxylation sites is 1. The number of likely N-dealkylation sites (N-methyl/N-ethyl adjacent to an activating group) is 1. The maximum Gasteiger partial charge on any atom is 0.327 e. The van der Waals surface area contributed by atoms with Gasteiger partial charge in [-0.1, -0.05) is 39.8 Å². The quantitative estimate of drug-likeness (QED) is 0.379. The van der Waals surface area contributed by atoms with E-state index in [0.29, 0.717) is 43.8 Å². The first-order valence-electron chi connectivity index (χ1n) is 16.6. The minimum atomic E-state index is -0.537. The number of halogens is 1. The molecule has 3 aliphatic rings. The van der Waals surface area contributed by atoms with Gasteiger partial charge >= 0.3 is 5.69 Å². The summed E-state index contributed by atoms with van der Waals surface area (Å²) in [4.78, 5) is 55.7. The molecule has 0 bridgehead atoms. The van der Waals surface area contributed by atoms with Gasteiger partial charge in [0, 0.05) is 70.0 Å². The smallest absolute Gasteiger partial charge is 0.327 e. The Morgan fingerprint density at radius 2 is 1.78 bits per heavy atom. The lowest BCUT2D eigenvalue weighted by molar-refractivity contribution is -0.136. The number of pyridine rings is 1. The molecule has 0 saturated carbocycles. The summed E-state index contributed by atoms with van der Waals surface area (Å²) in [6.45, 7) is 14.4. The number of likely N-dealkylation sites (tertiary alicyclic amines) is 1. The maximum absolute atomic E-state index is 15.6. The molecule has 0 radical (unpaired) electrons. The number of benzene rings is 1. The van der Waals surface area contributed by atoms with Gasteiger partial charge in [-0.2, -0.15) is 0 Å². The van der Waals surface area contributed by atoms with Crippen molar-refractivity contribution >= 4 is 40.4 Å². The number of anilines is 1. The Balaban J connectivity index is 1.18. The molecule has 10 nitrogen and oxygen atoms in total. The predicted molar refractivity (Wildman–Crippen MR) is 180 cm³/mol. The second-order valence-corrected chi connectivity index (χ2v) is 15.2. The molecule has 1 N–H and O–H groups in total. The van der Waals surface area contributed by atoms with Gasteiger partial charge in [-0.05, 0) is 49.4 Å². The molecule has 6 rings (SSSR count). The van der Waals surface area contributed by atoms with Gasteiger partial charge in [0.15, 0.2) is 5.65 Å². The number of rotatable bonds is 8. The van der Waals surface area contributed by atoms with E-state index in [1.54, 1.807) is 16.8 Å². The van der Waals surface area contributed by atoms with Gasteiger partial charge in [0.1, 0.15) is 11.2 Å². The van der Waals surface area contributed by atoms with E-state index in [4.69, 9.17) is 0 Å². The van der Waals surface area contributed by atoms with Crippen LogP contribution in [-0.2, 0) is 9.59 Å². The van der Waals surface area contributed by atoms with Crippen LogP contribution in [0.3, 0.4) is 0 Å². The monoisotopic (exact) mass is 651 g/mol. The molecule has 2 aromatic heterocycles. The first-order valence-corrected chi connectivity index (χ1v) is 17.5. The Hall–Kier alpha value is -3.38. The fraction of sp³-hybridized carbons (Fsp3) is 0.588. The molecule has 2 amide bonds. The number of amides is 2. The zero-order valence-corrected chi connectivity index (χ0v) is 28.2. The number of hydrogen-bond acceptors (Lipinski definition) is 7. The van der Waals surface area contributed by atoms with Crippen LogP contribution < -0.4 is 10.6 Å². The molecule has 1 aromatic carbocycles. The second kappa shape index (κ2) is 13.4. The van der Waals surface area contributed by atoms with E-state index in [-0.39, 0.29) is 46.6 Å². The van der Waals surface area contributed by atoms with Crippen LogP contribution in [-0.4, -0.2) is 98.7 Å². The molecule has 3 fully saturated rings. The van der Waals surface area contributed by atoms with Crippen molar-refractivity contribution in [1.29, 1.82) is 0 Å². The minimum absolute atomic E-state index is 0.0117. The van der Waals surface area contributed by atoms with Gasteiger partial charge in [-0.3, -0.25) is 19.1 Å². The van der Waals surface area contributed by atoms with E-state index in [9.17, 15) is 14.4 Å². The molecule has 46 heavy (non-hydrogen) atoms. The third kappa shape index (κ3) is 6.69. The molecular formula is C34H46FN7O3S. The minimum Gasteiger partial charge on any atom is -0.366 e. The lowest BCUT2D eigenvalue weighted by Gasteiger charge is -2.38. The van der Waals surface area contributed by atoms with Gasteiger partial charge in [0.25, 0.3) is 0 Å². The van der Waals surface area contributed by atoms with Crippen molar-refractivity contribution in [3.05, 3.63) is 58.4 Å². The number of piperazine rings is 1. The van der Waals surface area contributed by atoms with Crippen LogP contribution in [0, 0.1) is 11.2 Å². The zero-order valence-electron chi connectivity index (χ0n) is 27.4. The number of fused-ring (bicyclic) bond motifs is 1. The summed E-state index contributed by atoms with van der Waals surface area (Å²) in [5.74, 6) is -0.367. The summed E-state index contributed by atoms with van der Waals surface area (Å²) in [6.07, 6.45) is 3.86. The highest BCUT2D eigenvalue weighted by molar-refractivity contribution is 8.01. The van der Waals surface area contributed by atoms with Gasteiger partial charge in [-0.15, -0.1) is 11.8 Å². The number of thioether (sulfide) groups is 1. The summed E-state index contributed by atoms with van der Waals surface area (Å²) >= 11 is 1.49. The number of carbonyl (C=O) groups is 2. The number of nitrogens with one attached hydrogen (secondary N) is 1. The van der Waals surface area contributed by atoms with Crippen LogP contribution in [0.25, 0.3) is 11.2 Å². The Morgan fingerprint density at radius 1 is 1.04 bits per heavy atom. The van der Waals surface area contributed by atoms with Crippen molar-refractivity contribution in [1.82, 2.24) is 29.2 Å². The SMILES string of the molecule is CCN1CCN(c2c(F)cccc2C2SC(CC(=O)N3CCC(n4c(=O)[nH]c5ncccc54)CC3)C(=O)N2CCC(C)(C)C)CC1. The standard InChI is InChI=1S/C34H46FN7O3S/c1-5-38-18-20-40(21-19-38)29-24(8-6-9-25(29)35)32-41(17-13-34(2,3)4)31(44)27(46-32)22-28(43)39-15-11-23(12-16-39)42-26-10-7-14-36-30(26)37-33(42)45/h6-10,14,23,27,32H,5,11-13,15-22H2,1-4H3,(H,36,37,45). The molecule has 3 aliphatic heterocycles. The van der Waals surface area contributed by atoms with Crippen molar-refractivity contribution in [2.24, 2.45) is 5.41 Å². The molecule has 5 heterocycles. The van der Waals surface area contributed by atoms with Crippen LogP contribution in [0.4, 0.5) is 10.1 Å². The normalized spacial score (nSPS) is 21.9. The number of imidazole rings is 1. The van der Waals surface area contributed by atoms with Crippen LogP contribution in [0.15, 0.2) is 41.3 Å². The maximum atomic E-state index is 15.6. The average molecular weight is 652 g/mol. The number of H-pyrrole nitrogens is 1. The van der Waals surface area contributed by atoms with Gasteiger partial charge in [0.2, 0.25) is 11.8 Å². The zero-order chi connectivity index (χ0) is 32.6. The lowest BCUT2D eigenvalue weighted by Crippen LogP contribution is -2.47. The van der Waals surface area contributed by atoms with E-state index < -0.39 is 5.25 Å². The van der Waals surface area contributed by atoms with Gasteiger partial charge < -0.3 is 19.6 Å². The highest BCUT2D eigenvalue weighted by Crippen LogP contribution is 2.48. The van der Waals surface area contributed by atoms with Crippen molar-refractivity contribution in [3.63, 3.8) is 0 Å². The third-order valence-corrected chi connectivity index (χ3v) is 11.2.